The number of carbonyl (C=O) groups is 1. The zero-order valence-corrected chi connectivity index (χ0v) is 16.3. The van der Waals surface area contributed by atoms with Crippen LogP contribution in [0.15, 0.2) is 82.4 Å². The van der Waals surface area contributed by atoms with E-state index in [0.29, 0.717) is 16.8 Å². The summed E-state index contributed by atoms with van der Waals surface area (Å²) in [4.78, 5) is 16.7. The molecule has 146 valence electrons. The molecule has 0 saturated carbocycles. The Kier molecular flexibility index (Phi) is 4.85. The molecular weight excluding hydrogens is 388 g/mol. The van der Waals surface area contributed by atoms with Crippen molar-refractivity contribution in [3.05, 3.63) is 89.7 Å². The fourth-order valence-corrected chi connectivity index (χ4v) is 4.21. The third kappa shape index (κ3) is 3.88. The average Bonchev–Trinajstić information content (AvgIpc) is 2.99. The molecule has 2 N–H and O–H groups in total. The molecule has 0 saturated heterocycles. The zero-order chi connectivity index (χ0) is 20.4. The predicted octanol–water partition coefficient (Wildman–Crippen LogP) is 3.13. The Balaban J connectivity index is 1.47. The van der Waals surface area contributed by atoms with Gasteiger partial charge < -0.3 is 10.6 Å². The second kappa shape index (κ2) is 7.48. The molecule has 0 fully saturated rings. The van der Waals surface area contributed by atoms with Crippen LogP contribution in [0.5, 0.6) is 0 Å². The molecule has 1 atom stereocenters. The van der Waals surface area contributed by atoms with Crippen LogP contribution in [0.25, 0.3) is 0 Å². The summed E-state index contributed by atoms with van der Waals surface area (Å²) in [5, 5.41) is 5.94. The Bertz CT molecular complexity index is 1190. The molecule has 3 aromatic rings. The number of benzene rings is 2. The number of fused-ring (bicyclic) bond motifs is 1. The second-order valence-electron chi connectivity index (χ2n) is 6.59. The van der Waals surface area contributed by atoms with Gasteiger partial charge in [-0.1, -0.05) is 18.2 Å². The first-order valence-corrected chi connectivity index (χ1v) is 10.4. The zero-order valence-electron chi connectivity index (χ0n) is 15.5. The summed E-state index contributed by atoms with van der Waals surface area (Å²) < 4.78 is 28.1. The summed E-state index contributed by atoms with van der Waals surface area (Å²) in [7, 11) is -3.68. The maximum absolute atomic E-state index is 12.5. The third-order valence-electron chi connectivity index (χ3n) is 4.57. The molecule has 0 spiro atoms. The normalized spacial score (nSPS) is 15.1. The number of amidine groups is 1. The minimum absolute atomic E-state index is 0.177. The van der Waals surface area contributed by atoms with Gasteiger partial charge >= 0.3 is 0 Å². The lowest BCUT2D eigenvalue weighted by atomic mass is 10.1. The lowest BCUT2D eigenvalue weighted by Gasteiger charge is -2.14. The van der Waals surface area contributed by atoms with Crippen molar-refractivity contribution in [2.24, 2.45) is 4.40 Å². The van der Waals surface area contributed by atoms with Crippen molar-refractivity contribution < 1.29 is 13.2 Å². The maximum Gasteiger partial charge on any atom is 0.285 e. The fourth-order valence-electron chi connectivity index (χ4n) is 3.03. The van der Waals surface area contributed by atoms with E-state index in [4.69, 9.17) is 0 Å². The number of amides is 1. The van der Waals surface area contributed by atoms with Crippen molar-refractivity contribution in [3.63, 3.8) is 0 Å². The second-order valence-corrected chi connectivity index (χ2v) is 8.17. The van der Waals surface area contributed by atoms with E-state index in [9.17, 15) is 13.2 Å². The fraction of sp³-hybridized carbons (Fsp3) is 0.0952. The van der Waals surface area contributed by atoms with Crippen molar-refractivity contribution >= 4 is 27.5 Å². The van der Waals surface area contributed by atoms with E-state index in [-0.39, 0.29) is 22.7 Å². The molecular formula is C21H18N4O3S. The molecule has 1 aromatic heterocycles. The van der Waals surface area contributed by atoms with Gasteiger partial charge in [0, 0.05) is 29.2 Å². The first kappa shape index (κ1) is 18.8. The van der Waals surface area contributed by atoms with Crippen LogP contribution in [0.1, 0.15) is 34.5 Å². The number of sulfonamides is 1. The van der Waals surface area contributed by atoms with E-state index in [2.05, 4.69) is 20.0 Å². The molecule has 0 aliphatic carbocycles. The average molecular weight is 406 g/mol. The highest BCUT2D eigenvalue weighted by atomic mass is 32.2. The van der Waals surface area contributed by atoms with E-state index in [1.165, 1.54) is 6.07 Å². The van der Waals surface area contributed by atoms with Crippen LogP contribution in [0.3, 0.4) is 0 Å². The monoisotopic (exact) mass is 406 g/mol. The van der Waals surface area contributed by atoms with Gasteiger partial charge in [-0.3, -0.25) is 9.78 Å². The molecule has 8 heteroatoms. The van der Waals surface area contributed by atoms with Crippen LogP contribution in [-0.4, -0.2) is 25.1 Å². The molecule has 29 heavy (non-hydrogen) atoms. The van der Waals surface area contributed by atoms with E-state index in [1.807, 2.05) is 19.1 Å². The Morgan fingerprint density at radius 3 is 2.48 bits per heavy atom. The van der Waals surface area contributed by atoms with Gasteiger partial charge in [-0.05, 0) is 55.0 Å². The Labute approximate surface area is 168 Å². The number of nitrogens with zero attached hydrogens (tertiary/aromatic N) is 2. The van der Waals surface area contributed by atoms with E-state index >= 15 is 0 Å². The summed E-state index contributed by atoms with van der Waals surface area (Å²) in [5.41, 5.74) is 2.57. The SMILES string of the molecule is C[C@@H](NC(=O)c1ccc(NC2=NS(=O)(=O)c3ccccc32)cc1)c1cccnc1. The van der Waals surface area contributed by atoms with Crippen LogP contribution in [0, 0.1) is 0 Å². The van der Waals surface area contributed by atoms with E-state index < -0.39 is 10.0 Å². The first-order chi connectivity index (χ1) is 13.9. The van der Waals surface area contributed by atoms with Crippen molar-refractivity contribution in [1.82, 2.24) is 10.3 Å². The van der Waals surface area contributed by atoms with Gasteiger partial charge in [0.2, 0.25) is 0 Å². The molecule has 2 heterocycles. The van der Waals surface area contributed by atoms with Crippen LogP contribution in [-0.2, 0) is 10.0 Å². The predicted molar refractivity (Wildman–Crippen MR) is 110 cm³/mol. The van der Waals surface area contributed by atoms with Gasteiger partial charge in [0.1, 0.15) is 4.90 Å². The highest BCUT2D eigenvalue weighted by Gasteiger charge is 2.28. The van der Waals surface area contributed by atoms with Crippen molar-refractivity contribution in [1.29, 1.82) is 0 Å². The molecule has 7 nitrogen and oxygen atoms in total. The number of nitrogens with one attached hydrogen (secondary N) is 2. The smallest absolute Gasteiger partial charge is 0.285 e. The quantitative estimate of drug-likeness (QED) is 0.693. The molecule has 0 radical (unpaired) electrons. The van der Waals surface area contributed by atoms with Gasteiger partial charge in [-0.25, -0.2) is 0 Å². The lowest BCUT2D eigenvalue weighted by molar-refractivity contribution is 0.0940. The number of carbonyl (C=O) groups excluding carboxylic acids is 1. The van der Waals surface area contributed by atoms with E-state index in [1.54, 1.807) is 54.9 Å². The highest BCUT2D eigenvalue weighted by Crippen LogP contribution is 2.26. The number of hydrogen-bond acceptors (Lipinski definition) is 5. The maximum atomic E-state index is 12.5. The van der Waals surface area contributed by atoms with Crippen LogP contribution < -0.4 is 10.6 Å². The molecule has 2 aromatic carbocycles. The van der Waals surface area contributed by atoms with Crippen molar-refractivity contribution in [3.8, 4) is 0 Å². The lowest BCUT2D eigenvalue weighted by Crippen LogP contribution is -2.26. The number of aromatic nitrogens is 1. The Hall–Kier alpha value is -3.52. The summed E-state index contributed by atoms with van der Waals surface area (Å²) in [6, 6.07) is 17.0. The number of hydrogen-bond donors (Lipinski definition) is 2. The van der Waals surface area contributed by atoms with Crippen LogP contribution in [0.2, 0.25) is 0 Å². The molecule has 1 aliphatic heterocycles. The van der Waals surface area contributed by atoms with Crippen molar-refractivity contribution in [2.45, 2.75) is 17.9 Å². The Morgan fingerprint density at radius 1 is 1.00 bits per heavy atom. The molecule has 4 rings (SSSR count). The topological polar surface area (TPSA) is 101 Å². The number of pyridine rings is 1. The largest absolute Gasteiger partial charge is 0.345 e. The highest BCUT2D eigenvalue weighted by molar-refractivity contribution is 7.90. The standard InChI is InChI=1S/C21H18N4O3S/c1-14(16-5-4-12-22-13-16)23-21(26)15-8-10-17(11-9-15)24-20-18-6-2-3-7-19(18)29(27,28)25-20/h2-14H,1H3,(H,23,26)(H,24,25)/t14-/m1/s1. The van der Waals surface area contributed by atoms with Gasteiger partial charge in [-0.2, -0.15) is 8.42 Å². The first-order valence-electron chi connectivity index (χ1n) is 8.96. The van der Waals surface area contributed by atoms with Gasteiger partial charge in [0.15, 0.2) is 5.84 Å². The number of rotatable bonds is 4. The van der Waals surface area contributed by atoms with Gasteiger partial charge in [-0.15, -0.1) is 4.40 Å². The van der Waals surface area contributed by atoms with E-state index in [0.717, 1.165) is 5.56 Å². The van der Waals surface area contributed by atoms with Gasteiger partial charge in [0.05, 0.1) is 6.04 Å². The number of anilines is 1. The minimum Gasteiger partial charge on any atom is -0.345 e. The van der Waals surface area contributed by atoms with Crippen LogP contribution >= 0.6 is 0 Å². The summed E-state index contributed by atoms with van der Waals surface area (Å²) in [6.07, 6.45) is 3.40. The third-order valence-corrected chi connectivity index (χ3v) is 5.91. The van der Waals surface area contributed by atoms with Gasteiger partial charge in [0.25, 0.3) is 15.9 Å². The summed E-state index contributed by atoms with van der Waals surface area (Å²) >= 11 is 0. The summed E-state index contributed by atoms with van der Waals surface area (Å²) in [6.45, 7) is 1.89. The molecule has 0 bridgehead atoms. The van der Waals surface area contributed by atoms with Crippen LogP contribution in [0.4, 0.5) is 5.69 Å². The molecule has 1 amide bonds. The Morgan fingerprint density at radius 2 is 1.76 bits per heavy atom. The summed E-state index contributed by atoms with van der Waals surface area (Å²) in [5.74, 6) is 0.0574. The van der Waals surface area contributed by atoms with Crippen molar-refractivity contribution in [2.75, 3.05) is 5.32 Å². The molecule has 1 aliphatic rings. The minimum atomic E-state index is -3.68. The molecule has 0 unspecified atom stereocenters.